The van der Waals surface area contributed by atoms with E-state index in [4.69, 9.17) is 5.11 Å². The van der Waals surface area contributed by atoms with Crippen LogP contribution in [-0.2, 0) is 14.6 Å². The summed E-state index contributed by atoms with van der Waals surface area (Å²) in [6, 6.07) is 2.41. The minimum Gasteiger partial charge on any atom is -0.480 e. The van der Waals surface area contributed by atoms with E-state index in [0.29, 0.717) is 5.56 Å². The Balaban J connectivity index is 2.81. The van der Waals surface area contributed by atoms with Crippen LogP contribution in [0.3, 0.4) is 0 Å². The van der Waals surface area contributed by atoms with E-state index < -0.39 is 33.6 Å². The molecule has 6 nitrogen and oxygen atoms in total. The summed E-state index contributed by atoms with van der Waals surface area (Å²) in [5.74, 6) is -3.06. The SMILES string of the molecule is Cc1ccc(C(=O)NC(CCS(C)(=O)=O)C(=O)O)cc1F. The van der Waals surface area contributed by atoms with Crippen molar-refractivity contribution in [2.24, 2.45) is 0 Å². The van der Waals surface area contributed by atoms with Crippen molar-refractivity contribution in [3.8, 4) is 0 Å². The number of aryl methyl sites for hydroxylation is 1. The van der Waals surface area contributed by atoms with Crippen LogP contribution >= 0.6 is 0 Å². The summed E-state index contributed by atoms with van der Waals surface area (Å²) in [6.07, 6.45) is 0.720. The van der Waals surface area contributed by atoms with Crippen molar-refractivity contribution >= 4 is 21.7 Å². The number of carbonyl (C=O) groups is 2. The average molecular weight is 317 g/mol. The van der Waals surface area contributed by atoms with Gasteiger partial charge in [-0.3, -0.25) is 4.79 Å². The second kappa shape index (κ2) is 6.66. The third-order valence-corrected chi connectivity index (χ3v) is 3.79. The van der Waals surface area contributed by atoms with Gasteiger partial charge in [0.15, 0.2) is 0 Å². The first kappa shape index (κ1) is 17.1. The number of hydrogen-bond donors (Lipinski definition) is 2. The van der Waals surface area contributed by atoms with Crippen LogP contribution in [0.4, 0.5) is 4.39 Å². The van der Waals surface area contributed by atoms with Crippen molar-refractivity contribution in [1.29, 1.82) is 0 Å². The highest BCUT2D eigenvalue weighted by Crippen LogP contribution is 2.09. The van der Waals surface area contributed by atoms with Gasteiger partial charge in [0.05, 0.1) is 5.75 Å². The number of sulfone groups is 1. The van der Waals surface area contributed by atoms with Gasteiger partial charge in [-0.15, -0.1) is 0 Å². The minimum atomic E-state index is -3.34. The summed E-state index contributed by atoms with van der Waals surface area (Å²) < 4.78 is 35.4. The number of amides is 1. The van der Waals surface area contributed by atoms with Crippen molar-refractivity contribution in [3.63, 3.8) is 0 Å². The fraction of sp³-hybridized carbons (Fsp3) is 0.385. The summed E-state index contributed by atoms with van der Waals surface area (Å²) >= 11 is 0. The lowest BCUT2D eigenvalue weighted by Crippen LogP contribution is -2.41. The number of hydrogen-bond acceptors (Lipinski definition) is 4. The maximum atomic E-state index is 13.4. The molecule has 0 aromatic heterocycles. The summed E-state index contributed by atoms with van der Waals surface area (Å²) in [5.41, 5.74) is 0.335. The molecule has 0 bridgehead atoms. The Hall–Kier alpha value is -1.96. The molecule has 0 heterocycles. The Bertz CT molecular complexity index is 657. The van der Waals surface area contributed by atoms with Crippen LogP contribution in [0.2, 0.25) is 0 Å². The van der Waals surface area contributed by atoms with E-state index in [1.807, 2.05) is 0 Å². The molecule has 0 aliphatic carbocycles. The molecular weight excluding hydrogens is 301 g/mol. The van der Waals surface area contributed by atoms with Gasteiger partial charge < -0.3 is 10.4 Å². The van der Waals surface area contributed by atoms with Crippen LogP contribution in [-0.4, -0.2) is 43.5 Å². The van der Waals surface area contributed by atoms with E-state index in [1.54, 1.807) is 0 Å². The molecule has 0 spiro atoms. The molecule has 1 atom stereocenters. The molecule has 1 aromatic rings. The topological polar surface area (TPSA) is 101 Å². The number of carboxylic acid groups (broad SMARTS) is 1. The summed E-state index contributed by atoms with van der Waals surface area (Å²) in [7, 11) is -3.34. The Labute approximate surface area is 121 Å². The maximum Gasteiger partial charge on any atom is 0.326 e. The van der Waals surface area contributed by atoms with Gasteiger partial charge >= 0.3 is 5.97 Å². The first-order valence-corrected chi connectivity index (χ1v) is 8.14. The van der Waals surface area contributed by atoms with Gasteiger partial charge in [0.25, 0.3) is 5.91 Å². The molecule has 0 saturated heterocycles. The smallest absolute Gasteiger partial charge is 0.326 e. The molecule has 116 valence electrons. The highest BCUT2D eigenvalue weighted by Gasteiger charge is 2.22. The van der Waals surface area contributed by atoms with Crippen LogP contribution in [0, 0.1) is 12.7 Å². The van der Waals surface area contributed by atoms with Gasteiger partial charge in [0.2, 0.25) is 0 Å². The summed E-state index contributed by atoms with van der Waals surface area (Å²) in [5, 5.41) is 11.2. The molecule has 1 amide bonds. The fourth-order valence-electron chi connectivity index (χ4n) is 1.56. The van der Waals surface area contributed by atoms with Crippen molar-refractivity contribution in [3.05, 3.63) is 35.1 Å². The number of benzene rings is 1. The second-order valence-electron chi connectivity index (χ2n) is 4.75. The molecule has 0 fully saturated rings. The maximum absolute atomic E-state index is 13.4. The molecule has 0 aliphatic heterocycles. The van der Waals surface area contributed by atoms with E-state index in [1.165, 1.54) is 19.1 Å². The Kier molecular flexibility index (Phi) is 5.42. The molecule has 0 saturated carbocycles. The largest absolute Gasteiger partial charge is 0.480 e. The van der Waals surface area contributed by atoms with Gasteiger partial charge in [-0.05, 0) is 31.0 Å². The molecule has 1 aromatic carbocycles. The van der Waals surface area contributed by atoms with E-state index in [0.717, 1.165) is 12.3 Å². The zero-order valence-electron chi connectivity index (χ0n) is 11.6. The Morgan fingerprint density at radius 2 is 2.00 bits per heavy atom. The lowest BCUT2D eigenvalue weighted by atomic mass is 10.1. The molecule has 0 radical (unpaired) electrons. The monoisotopic (exact) mass is 317 g/mol. The first-order chi connectivity index (χ1) is 9.60. The molecule has 2 N–H and O–H groups in total. The minimum absolute atomic E-state index is 0.0243. The van der Waals surface area contributed by atoms with Crippen molar-refractivity contribution in [2.75, 3.05) is 12.0 Å². The van der Waals surface area contributed by atoms with Crippen molar-refractivity contribution in [2.45, 2.75) is 19.4 Å². The predicted octanol–water partition coefficient (Wildman–Crippen LogP) is 0.752. The fourth-order valence-corrected chi connectivity index (χ4v) is 2.23. The molecule has 21 heavy (non-hydrogen) atoms. The van der Waals surface area contributed by atoms with E-state index in [9.17, 15) is 22.4 Å². The standard InChI is InChI=1S/C13H16FNO5S/c1-8-3-4-9(7-10(8)14)12(16)15-11(13(17)18)5-6-21(2,19)20/h3-4,7,11H,5-6H2,1-2H3,(H,15,16)(H,17,18). The highest BCUT2D eigenvalue weighted by molar-refractivity contribution is 7.90. The quantitative estimate of drug-likeness (QED) is 0.806. The van der Waals surface area contributed by atoms with Gasteiger partial charge in [-0.25, -0.2) is 17.6 Å². The Morgan fingerprint density at radius 3 is 2.48 bits per heavy atom. The number of carboxylic acids is 1. The van der Waals surface area contributed by atoms with Crippen LogP contribution in [0.5, 0.6) is 0 Å². The summed E-state index contributed by atoms with van der Waals surface area (Å²) in [6.45, 7) is 1.53. The number of nitrogens with one attached hydrogen (secondary N) is 1. The van der Waals surface area contributed by atoms with Crippen LogP contribution in [0.1, 0.15) is 22.3 Å². The van der Waals surface area contributed by atoms with E-state index in [2.05, 4.69) is 5.32 Å². The third-order valence-electron chi connectivity index (χ3n) is 2.81. The lowest BCUT2D eigenvalue weighted by Gasteiger charge is -2.14. The highest BCUT2D eigenvalue weighted by atomic mass is 32.2. The number of carbonyl (C=O) groups excluding carboxylic acids is 1. The van der Waals surface area contributed by atoms with E-state index >= 15 is 0 Å². The van der Waals surface area contributed by atoms with Crippen LogP contribution in [0.15, 0.2) is 18.2 Å². The van der Waals surface area contributed by atoms with Gasteiger partial charge in [0, 0.05) is 11.8 Å². The van der Waals surface area contributed by atoms with Gasteiger partial charge in [0.1, 0.15) is 21.7 Å². The molecule has 8 heteroatoms. The first-order valence-electron chi connectivity index (χ1n) is 6.07. The predicted molar refractivity (Wildman–Crippen MR) is 74.4 cm³/mol. The normalized spacial score (nSPS) is 12.7. The summed E-state index contributed by atoms with van der Waals surface area (Å²) in [4.78, 5) is 22.9. The third kappa shape index (κ3) is 5.50. The zero-order chi connectivity index (χ0) is 16.2. The lowest BCUT2D eigenvalue weighted by molar-refractivity contribution is -0.139. The van der Waals surface area contributed by atoms with Crippen molar-refractivity contribution in [1.82, 2.24) is 5.32 Å². The number of aliphatic carboxylic acids is 1. The van der Waals surface area contributed by atoms with Gasteiger partial charge in [-0.2, -0.15) is 0 Å². The second-order valence-corrected chi connectivity index (χ2v) is 7.01. The number of rotatable bonds is 6. The molecular formula is C13H16FNO5S. The number of halogens is 1. The zero-order valence-corrected chi connectivity index (χ0v) is 12.4. The average Bonchev–Trinajstić information content (AvgIpc) is 2.36. The molecule has 1 rings (SSSR count). The van der Waals surface area contributed by atoms with Gasteiger partial charge in [-0.1, -0.05) is 6.07 Å². The van der Waals surface area contributed by atoms with E-state index in [-0.39, 0.29) is 17.7 Å². The van der Waals surface area contributed by atoms with Crippen LogP contribution in [0.25, 0.3) is 0 Å². The molecule has 1 unspecified atom stereocenters. The Morgan fingerprint density at radius 1 is 1.38 bits per heavy atom. The molecule has 0 aliphatic rings. The van der Waals surface area contributed by atoms with Crippen molar-refractivity contribution < 1.29 is 27.5 Å². The van der Waals surface area contributed by atoms with Crippen LogP contribution < -0.4 is 5.32 Å².